The van der Waals surface area contributed by atoms with E-state index in [0.717, 1.165) is 6.04 Å². The van der Waals surface area contributed by atoms with E-state index in [-0.39, 0.29) is 0 Å². The smallest absolute Gasteiger partial charge is 0.0474 e. The molecule has 1 aromatic carbocycles. The number of nitrogens with zero attached hydrogens (tertiary/aromatic N) is 2. The first kappa shape index (κ1) is 12.3. The van der Waals surface area contributed by atoms with Crippen molar-refractivity contribution in [2.45, 2.75) is 31.2 Å². The summed E-state index contributed by atoms with van der Waals surface area (Å²) in [6, 6.07) is 9.53. The molecular weight excluding hydrogens is 244 g/mol. The van der Waals surface area contributed by atoms with E-state index in [1.807, 2.05) is 0 Å². The molecule has 2 heterocycles. The first-order chi connectivity index (χ1) is 8.86. The van der Waals surface area contributed by atoms with Gasteiger partial charge in [-0.25, -0.2) is 0 Å². The third kappa shape index (κ3) is 2.50. The van der Waals surface area contributed by atoms with Gasteiger partial charge in [0.15, 0.2) is 0 Å². The van der Waals surface area contributed by atoms with E-state index in [4.69, 9.17) is 11.6 Å². The molecule has 1 unspecified atom stereocenters. The summed E-state index contributed by atoms with van der Waals surface area (Å²) in [6.45, 7) is 4.97. The van der Waals surface area contributed by atoms with Gasteiger partial charge in [-0.15, -0.1) is 11.6 Å². The number of alkyl halides is 1. The number of fused-ring (bicyclic) bond motifs is 1. The minimum atomic E-state index is 0.608. The van der Waals surface area contributed by atoms with Gasteiger partial charge in [0.2, 0.25) is 0 Å². The molecule has 0 N–H and O–H groups in total. The Morgan fingerprint density at radius 2 is 1.83 bits per heavy atom. The Balaban J connectivity index is 1.74. The van der Waals surface area contributed by atoms with Crippen LogP contribution in [0.15, 0.2) is 24.3 Å². The molecule has 98 valence electrons. The van der Waals surface area contributed by atoms with E-state index in [1.54, 1.807) is 0 Å². The number of hydrogen-bond acceptors (Lipinski definition) is 2. The highest BCUT2D eigenvalue weighted by Crippen LogP contribution is 2.25. The molecule has 1 aromatic rings. The lowest BCUT2D eigenvalue weighted by atomic mass is 10.1. The van der Waals surface area contributed by atoms with Crippen LogP contribution < -0.4 is 4.90 Å². The van der Waals surface area contributed by atoms with Gasteiger partial charge in [0.25, 0.3) is 0 Å². The Kier molecular flexibility index (Phi) is 3.76. The summed E-state index contributed by atoms with van der Waals surface area (Å²) in [5.41, 5.74) is 2.57. The maximum Gasteiger partial charge on any atom is 0.0474 e. The van der Waals surface area contributed by atoms with Crippen LogP contribution in [0.1, 0.15) is 24.8 Å². The van der Waals surface area contributed by atoms with Gasteiger partial charge in [-0.2, -0.15) is 0 Å². The molecule has 2 aliphatic rings. The average molecular weight is 265 g/mol. The van der Waals surface area contributed by atoms with Crippen molar-refractivity contribution in [3.63, 3.8) is 0 Å². The van der Waals surface area contributed by atoms with Crippen molar-refractivity contribution in [2.24, 2.45) is 0 Å². The van der Waals surface area contributed by atoms with Gasteiger partial charge in [-0.3, -0.25) is 4.90 Å². The van der Waals surface area contributed by atoms with Crippen LogP contribution in [0.2, 0.25) is 0 Å². The molecule has 0 radical (unpaired) electrons. The summed E-state index contributed by atoms with van der Waals surface area (Å²) in [4.78, 5) is 5.22. The lowest BCUT2D eigenvalue weighted by molar-refractivity contribution is 0.273. The van der Waals surface area contributed by atoms with Gasteiger partial charge in [-0.05, 0) is 43.5 Å². The van der Waals surface area contributed by atoms with Crippen molar-refractivity contribution in [1.82, 2.24) is 4.90 Å². The van der Waals surface area contributed by atoms with Crippen LogP contribution in [-0.4, -0.2) is 37.1 Å². The molecule has 3 heteroatoms. The van der Waals surface area contributed by atoms with Gasteiger partial charge in [0.1, 0.15) is 0 Å². The molecule has 0 amide bonds. The number of halogens is 1. The van der Waals surface area contributed by atoms with E-state index in [0.29, 0.717) is 5.88 Å². The number of benzene rings is 1. The van der Waals surface area contributed by atoms with Crippen molar-refractivity contribution in [2.75, 3.05) is 31.1 Å². The molecule has 0 spiro atoms. The highest BCUT2D eigenvalue weighted by atomic mass is 35.5. The van der Waals surface area contributed by atoms with Gasteiger partial charge in [-0.1, -0.05) is 12.1 Å². The van der Waals surface area contributed by atoms with Crippen molar-refractivity contribution in [3.05, 3.63) is 29.8 Å². The Bertz CT molecular complexity index is 390. The molecule has 0 bridgehead atoms. The second kappa shape index (κ2) is 5.50. The summed E-state index contributed by atoms with van der Waals surface area (Å²) in [7, 11) is 0. The molecule has 3 rings (SSSR count). The van der Waals surface area contributed by atoms with Crippen molar-refractivity contribution < 1.29 is 0 Å². The predicted octanol–water partition coefficient (Wildman–Crippen LogP) is 3.10. The Hall–Kier alpha value is -0.730. The third-order valence-electron chi connectivity index (χ3n) is 4.26. The van der Waals surface area contributed by atoms with Crippen LogP contribution in [0.4, 0.5) is 5.69 Å². The minimum absolute atomic E-state index is 0.608. The van der Waals surface area contributed by atoms with Gasteiger partial charge >= 0.3 is 0 Å². The van der Waals surface area contributed by atoms with Gasteiger partial charge in [0.05, 0.1) is 0 Å². The summed E-state index contributed by atoms with van der Waals surface area (Å²) < 4.78 is 0. The van der Waals surface area contributed by atoms with Crippen LogP contribution in [0.25, 0.3) is 0 Å². The standard InChI is InChI=1S/C15H21ClN2/c16-11-13-4-6-14(7-5-13)18-10-2-9-17-8-1-3-15(17)12-18/h4-7,15H,1-3,8-12H2. The lowest BCUT2D eigenvalue weighted by Gasteiger charge is -2.27. The van der Waals surface area contributed by atoms with Gasteiger partial charge < -0.3 is 4.90 Å². The summed E-state index contributed by atoms with van der Waals surface area (Å²) in [5.74, 6) is 0.608. The molecule has 1 atom stereocenters. The first-order valence-corrected chi connectivity index (χ1v) is 7.54. The molecule has 2 aliphatic heterocycles. The SMILES string of the molecule is ClCc1ccc(N2CCCN3CCCC3C2)cc1. The third-order valence-corrected chi connectivity index (χ3v) is 4.57. The second-order valence-electron chi connectivity index (χ2n) is 5.43. The van der Waals surface area contributed by atoms with Crippen molar-refractivity contribution in [3.8, 4) is 0 Å². The van der Waals surface area contributed by atoms with E-state index >= 15 is 0 Å². The molecule has 0 aromatic heterocycles. The molecule has 2 fully saturated rings. The molecule has 2 saturated heterocycles. The zero-order valence-corrected chi connectivity index (χ0v) is 11.6. The van der Waals surface area contributed by atoms with E-state index < -0.39 is 0 Å². The monoisotopic (exact) mass is 264 g/mol. The Labute approximate surface area is 115 Å². The fourth-order valence-corrected chi connectivity index (χ4v) is 3.42. The highest BCUT2D eigenvalue weighted by molar-refractivity contribution is 6.17. The number of hydrogen-bond donors (Lipinski definition) is 0. The molecular formula is C15H21ClN2. The normalized spacial score (nSPS) is 24.9. The molecule has 0 aliphatic carbocycles. The van der Waals surface area contributed by atoms with Crippen molar-refractivity contribution >= 4 is 17.3 Å². The van der Waals surface area contributed by atoms with Crippen LogP contribution in [0, 0.1) is 0 Å². The highest BCUT2D eigenvalue weighted by Gasteiger charge is 2.28. The van der Waals surface area contributed by atoms with E-state index in [9.17, 15) is 0 Å². The predicted molar refractivity (Wildman–Crippen MR) is 77.4 cm³/mol. The van der Waals surface area contributed by atoms with E-state index in [1.165, 1.54) is 56.7 Å². The summed E-state index contributed by atoms with van der Waals surface area (Å²) in [6.07, 6.45) is 4.04. The van der Waals surface area contributed by atoms with Crippen LogP contribution in [0.3, 0.4) is 0 Å². The average Bonchev–Trinajstić information content (AvgIpc) is 2.76. The Morgan fingerprint density at radius 3 is 2.61 bits per heavy atom. The summed E-state index contributed by atoms with van der Waals surface area (Å²) in [5, 5.41) is 0. The maximum atomic E-state index is 5.84. The molecule has 0 saturated carbocycles. The maximum absolute atomic E-state index is 5.84. The lowest BCUT2D eigenvalue weighted by Crippen LogP contribution is -2.36. The Morgan fingerprint density at radius 1 is 1.06 bits per heavy atom. The zero-order chi connectivity index (χ0) is 12.4. The fourth-order valence-electron chi connectivity index (χ4n) is 3.24. The largest absolute Gasteiger partial charge is 0.370 e. The second-order valence-corrected chi connectivity index (χ2v) is 5.70. The quantitative estimate of drug-likeness (QED) is 0.758. The van der Waals surface area contributed by atoms with Crippen molar-refractivity contribution in [1.29, 1.82) is 0 Å². The van der Waals surface area contributed by atoms with Crippen LogP contribution in [0.5, 0.6) is 0 Å². The van der Waals surface area contributed by atoms with E-state index in [2.05, 4.69) is 34.1 Å². The molecule has 18 heavy (non-hydrogen) atoms. The topological polar surface area (TPSA) is 6.48 Å². The van der Waals surface area contributed by atoms with Crippen LogP contribution in [-0.2, 0) is 5.88 Å². The zero-order valence-electron chi connectivity index (χ0n) is 10.8. The number of rotatable bonds is 2. The number of anilines is 1. The molecule has 2 nitrogen and oxygen atoms in total. The fraction of sp³-hybridized carbons (Fsp3) is 0.600. The first-order valence-electron chi connectivity index (χ1n) is 7.01. The van der Waals surface area contributed by atoms with Crippen LogP contribution >= 0.6 is 11.6 Å². The summed E-state index contributed by atoms with van der Waals surface area (Å²) >= 11 is 5.84. The minimum Gasteiger partial charge on any atom is -0.370 e. The van der Waals surface area contributed by atoms with Gasteiger partial charge in [0, 0.05) is 37.2 Å².